The number of amides is 1. The quantitative estimate of drug-likeness (QED) is 0.466. The molecule has 0 radical (unpaired) electrons. The third-order valence-corrected chi connectivity index (χ3v) is 4.79. The monoisotopic (exact) mass is 423 g/mol. The highest BCUT2D eigenvalue weighted by atomic mass is 32.2. The van der Waals surface area contributed by atoms with Gasteiger partial charge in [0.05, 0.1) is 29.7 Å². The van der Waals surface area contributed by atoms with Crippen LogP contribution in [0.25, 0.3) is 11.4 Å². The fraction of sp³-hybridized carbons (Fsp3) is 0.167. The first-order chi connectivity index (χ1) is 13.8. The van der Waals surface area contributed by atoms with Gasteiger partial charge < -0.3 is 15.9 Å². The highest BCUT2D eigenvalue weighted by Gasteiger charge is 2.33. The molecule has 3 N–H and O–H groups in total. The Labute approximate surface area is 168 Å². The van der Waals surface area contributed by atoms with Crippen LogP contribution in [0.4, 0.5) is 18.9 Å². The molecule has 0 fully saturated rings. The largest absolute Gasteiger partial charge is 0.496 e. The van der Waals surface area contributed by atoms with Gasteiger partial charge >= 0.3 is 6.18 Å². The molecule has 11 heteroatoms. The highest BCUT2D eigenvalue weighted by Crippen LogP contribution is 2.34. The summed E-state index contributed by atoms with van der Waals surface area (Å²) in [7, 11) is 1.51. The number of rotatable bonds is 6. The Balaban J connectivity index is 1.70. The van der Waals surface area contributed by atoms with Crippen molar-refractivity contribution in [3.8, 4) is 17.1 Å². The molecule has 0 spiro atoms. The minimum Gasteiger partial charge on any atom is -0.496 e. The molecule has 0 saturated heterocycles. The van der Waals surface area contributed by atoms with Crippen LogP contribution < -0.4 is 15.9 Å². The lowest BCUT2D eigenvalue weighted by Gasteiger charge is -2.13. The first-order valence-corrected chi connectivity index (χ1v) is 9.22. The van der Waals surface area contributed by atoms with E-state index in [-0.39, 0.29) is 16.6 Å². The van der Waals surface area contributed by atoms with Crippen molar-refractivity contribution in [3.63, 3.8) is 0 Å². The maximum absolute atomic E-state index is 13.0. The number of nitrogens with one attached hydrogen (secondary N) is 1. The molecule has 3 rings (SSSR count). The first-order valence-electron chi connectivity index (χ1n) is 8.24. The van der Waals surface area contributed by atoms with Gasteiger partial charge in [-0.1, -0.05) is 36.0 Å². The molecule has 7 nitrogen and oxygen atoms in total. The van der Waals surface area contributed by atoms with Crippen molar-refractivity contribution in [2.24, 2.45) is 0 Å². The fourth-order valence-electron chi connectivity index (χ4n) is 2.54. The van der Waals surface area contributed by atoms with Crippen LogP contribution in [0.1, 0.15) is 5.56 Å². The predicted octanol–water partition coefficient (Wildman–Crippen LogP) is 3.42. The van der Waals surface area contributed by atoms with E-state index in [4.69, 9.17) is 10.6 Å². The van der Waals surface area contributed by atoms with Gasteiger partial charge in [-0.3, -0.25) is 4.79 Å². The van der Waals surface area contributed by atoms with Crippen LogP contribution in [0.5, 0.6) is 5.75 Å². The summed E-state index contributed by atoms with van der Waals surface area (Å²) in [6.45, 7) is 0. The number of aromatic nitrogens is 3. The van der Waals surface area contributed by atoms with Gasteiger partial charge in [-0.25, -0.2) is 4.68 Å². The Morgan fingerprint density at radius 3 is 2.59 bits per heavy atom. The average molecular weight is 423 g/mol. The molecule has 0 unspecified atom stereocenters. The number of para-hydroxylation sites is 2. The number of ether oxygens (including phenoxy) is 1. The number of benzene rings is 2. The van der Waals surface area contributed by atoms with Crippen molar-refractivity contribution in [2.75, 3.05) is 24.0 Å². The van der Waals surface area contributed by atoms with E-state index in [0.717, 1.165) is 17.8 Å². The van der Waals surface area contributed by atoms with E-state index < -0.39 is 17.6 Å². The fourth-order valence-corrected chi connectivity index (χ4v) is 3.20. The Hall–Kier alpha value is -3.21. The van der Waals surface area contributed by atoms with Crippen molar-refractivity contribution in [2.45, 2.75) is 11.3 Å². The third-order valence-electron chi connectivity index (χ3n) is 3.85. The lowest BCUT2D eigenvalue weighted by molar-refractivity contribution is -0.137. The lowest BCUT2D eigenvalue weighted by Crippen LogP contribution is -2.19. The summed E-state index contributed by atoms with van der Waals surface area (Å²) < 4.78 is 45.5. The number of alkyl halides is 3. The Kier molecular flexibility index (Phi) is 5.97. The minimum atomic E-state index is -4.57. The van der Waals surface area contributed by atoms with E-state index in [1.54, 1.807) is 24.3 Å². The van der Waals surface area contributed by atoms with E-state index in [1.165, 1.54) is 30.0 Å². The second-order valence-electron chi connectivity index (χ2n) is 5.76. The van der Waals surface area contributed by atoms with Gasteiger partial charge in [-0.05, 0) is 24.3 Å². The number of nitrogens with two attached hydrogens (primary N) is 1. The van der Waals surface area contributed by atoms with Crippen molar-refractivity contribution < 1.29 is 22.7 Å². The molecule has 3 aromatic rings. The molecule has 2 aromatic carbocycles. The average Bonchev–Trinajstić information content (AvgIpc) is 3.06. The normalized spacial score (nSPS) is 11.3. The summed E-state index contributed by atoms with van der Waals surface area (Å²) >= 11 is 0.947. The van der Waals surface area contributed by atoms with Gasteiger partial charge in [0.25, 0.3) is 0 Å². The zero-order valence-electron chi connectivity index (χ0n) is 15.1. The summed E-state index contributed by atoms with van der Waals surface area (Å²) in [5, 5.41) is 10.4. The Morgan fingerprint density at radius 2 is 1.86 bits per heavy atom. The minimum absolute atomic E-state index is 0.201. The van der Waals surface area contributed by atoms with E-state index >= 15 is 0 Å². The van der Waals surface area contributed by atoms with Gasteiger partial charge in [0.2, 0.25) is 11.1 Å². The van der Waals surface area contributed by atoms with Crippen LogP contribution in [-0.2, 0) is 11.0 Å². The molecule has 0 bridgehead atoms. The molecule has 0 aliphatic heterocycles. The zero-order valence-corrected chi connectivity index (χ0v) is 15.9. The lowest BCUT2D eigenvalue weighted by atomic mass is 10.1. The van der Waals surface area contributed by atoms with Crippen LogP contribution in [0.3, 0.4) is 0 Å². The number of carbonyl (C=O) groups is 1. The third kappa shape index (κ3) is 4.62. The van der Waals surface area contributed by atoms with Crippen LogP contribution in [0.2, 0.25) is 0 Å². The topological polar surface area (TPSA) is 95.1 Å². The van der Waals surface area contributed by atoms with Gasteiger partial charge in [-0.2, -0.15) is 13.2 Å². The van der Waals surface area contributed by atoms with Crippen LogP contribution in [0.15, 0.2) is 53.7 Å². The molecular weight excluding hydrogens is 407 g/mol. The molecule has 29 heavy (non-hydrogen) atoms. The van der Waals surface area contributed by atoms with E-state index in [2.05, 4.69) is 15.5 Å². The number of hydrogen-bond donors (Lipinski definition) is 2. The number of methoxy groups -OCH3 is 1. The molecule has 0 atom stereocenters. The van der Waals surface area contributed by atoms with Crippen LogP contribution in [-0.4, -0.2) is 33.6 Å². The van der Waals surface area contributed by atoms with E-state index in [9.17, 15) is 18.0 Å². The number of carbonyl (C=O) groups excluding carboxylic acids is 1. The van der Waals surface area contributed by atoms with Gasteiger partial charge in [-0.15, -0.1) is 10.2 Å². The molecule has 1 amide bonds. The van der Waals surface area contributed by atoms with E-state index in [0.29, 0.717) is 17.1 Å². The number of hydrogen-bond acceptors (Lipinski definition) is 6. The number of nitrogen functional groups attached to an aromatic ring is 1. The summed E-state index contributed by atoms with van der Waals surface area (Å²) in [5.74, 6) is 6.05. The maximum Gasteiger partial charge on any atom is 0.418 e. The zero-order chi connectivity index (χ0) is 21.0. The molecule has 0 aliphatic carbocycles. The molecule has 0 aliphatic rings. The summed E-state index contributed by atoms with van der Waals surface area (Å²) in [4.78, 5) is 12.1. The standard InChI is InChI=1S/C18H16F3N5O2S/c1-28-14-9-5-2-6-11(14)16-24-25-17(26(16)22)29-10-15(27)23-13-8-4-3-7-12(13)18(19,20)21/h2-9H,10,22H2,1H3,(H,23,27). The summed E-state index contributed by atoms with van der Waals surface area (Å²) in [6, 6.07) is 11.8. The molecule has 1 heterocycles. The SMILES string of the molecule is COc1ccccc1-c1nnc(SCC(=O)Nc2ccccc2C(F)(F)F)n1N. The summed E-state index contributed by atoms with van der Waals surface area (Å²) in [5.41, 5.74) is -0.617. The van der Waals surface area contributed by atoms with Crippen molar-refractivity contribution in [1.82, 2.24) is 14.9 Å². The number of nitrogens with zero attached hydrogens (tertiary/aromatic N) is 3. The van der Waals surface area contributed by atoms with E-state index in [1.807, 2.05) is 0 Å². The molecule has 152 valence electrons. The second-order valence-corrected chi connectivity index (χ2v) is 6.70. The van der Waals surface area contributed by atoms with Crippen molar-refractivity contribution in [1.29, 1.82) is 0 Å². The number of thioether (sulfide) groups is 1. The summed E-state index contributed by atoms with van der Waals surface area (Å²) in [6.07, 6.45) is -4.57. The second kappa shape index (κ2) is 8.43. The van der Waals surface area contributed by atoms with Crippen LogP contribution in [0, 0.1) is 0 Å². The maximum atomic E-state index is 13.0. The van der Waals surface area contributed by atoms with Gasteiger partial charge in [0.15, 0.2) is 5.82 Å². The highest BCUT2D eigenvalue weighted by molar-refractivity contribution is 7.99. The number of halogens is 3. The molecular formula is C18H16F3N5O2S. The molecule has 1 aromatic heterocycles. The Bertz CT molecular complexity index is 1020. The van der Waals surface area contributed by atoms with Crippen LogP contribution >= 0.6 is 11.8 Å². The smallest absolute Gasteiger partial charge is 0.418 e. The van der Waals surface area contributed by atoms with Gasteiger partial charge in [0.1, 0.15) is 5.75 Å². The Morgan fingerprint density at radius 1 is 1.17 bits per heavy atom. The number of anilines is 1. The van der Waals surface area contributed by atoms with Crippen molar-refractivity contribution in [3.05, 3.63) is 54.1 Å². The first kappa shape index (κ1) is 20.5. The van der Waals surface area contributed by atoms with Crippen molar-refractivity contribution >= 4 is 23.4 Å². The van der Waals surface area contributed by atoms with Gasteiger partial charge in [0, 0.05) is 0 Å². The molecule has 0 saturated carbocycles. The predicted molar refractivity (Wildman–Crippen MR) is 103 cm³/mol.